The maximum atomic E-state index is 12.8. The van der Waals surface area contributed by atoms with E-state index in [1.165, 1.54) is 11.3 Å². The van der Waals surface area contributed by atoms with E-state index < -0.39 is 0 Å². The molecule has 0 fully saturated rings. The number of rotatable bonds is 4. The van der Waals surface area contributed by atoms with Gasteiger partial charge >= 0.3 is 0 Å². The number of anilines is 1. The van der Waals surface area contributed by atoms with E-state index in [4.69, 9.17) is 9.47 Å². The molecule has 31 heavy (non-hydrogen) atoms. The van der Waals surface area contributed by atoms with E-state index in [2.05, 4.69) is 20.8 Å². The number of fused-ring (bicyclic) bond motifs is 1. The maximum absolute atomic E-state index is 12.8. The Morgan fingerprint density at radius 3 is 2.68 bits per heavy atom. The predicted octanol–water partition coefficient (Wildman–Crippen LogP) is 4.03. The molecule has 1 aliphatic rings. The molecule has 1 amide bonds. The van der Waals surface area contributed by atoms with Gasteiger partial charge in [-0.15, -0.1) is 16.4 Å². The molecule has 8 nitrogen and oxygen atoms in total. The molecule has 4 aromatic rings. The Labute approximate surface area is 182 Å². The second-order valence-corrected chi connectivity index (χ2v) is 8.20. The van der Waals surface area contributed by atoms with Crippen LogP contribution < -0.4 is 14.8 Å². The molecular weight excluding hydrogens is 414 g/mol. The maximum Gasteiger partial charge on any atom is 0.265 e. The van der Waals surface area contributed by atoms with Crippen LogP contribution in [0.5, 0.6) is 11.5 Å². The minimum atomic E-state index is -0.169. The molecule has 0 atom stereocenters. The smallest absolute Gasteiger partial charge is 0.265 e. The van der Waals surface area contributed by atoms with Gasteiger partial charge in [0.1, 0.15) is 13.2 Å². The van der Waals surface area contributed by atoms with Crippen molar-refractivity contribution in [1.29, 1.82) is 0 Å². The van der Waals surface area contributed by atoms with Gasteiger partial charge in [-0.3, -0.25) is 4.79 Å². The molecule has 0 spiro atoms. The van der Waals surface area contributed by atoms with Crippen molar-refractivity contribution in [3.05, 3.63) is 64.8 Å². The van der Waals surface area contributed by atoms with Gasteiger partial charge < -0.3 is 14.8 Å². The Balaban J connectivity index is 1.36. The van der Waals surface area contributed by atoms with Crippen molar-refractivity contribution in [2.45, 2.75) is 13.8 Å². The van der Waals surface area contributed by atoms with Gasteiger partial charge in [0.25, 0.3) is 5.91 Å². The molecule has 5 rings (SSSR count). The molecule has 2 aromatic heterocycles. The molecular formula is C22H19N5O3S. The standard InChI is InChI=1S/C22H19N5O3S/c1-13-3-5-16(12-17(13)27-14(2)24-25-26-27)23-22(28)21-8-7-20(31-21)15-4-6-18-19(11-15)30-10-9-29-18/h3-8,11-12H,9-10H2,1-2H3,(H,23,28). The zero-order chi connectivity index (χ0) is 21.4. The number of hydrogen-bond acceptors (Lipinski definition) is 7. The molecule has 1 aliphatic heterocycles. The highest BCUT2D eigenvalue weighted by Gasteiger charge is 2.16. The number of aryl methyl sites for hydroxylation is 2. The van der Waals surface area contributed by atoms with Gasteiger partial charge in [0, 0.05) is 10.6 Å². The van der Waals surface area contributed by atoms with Crippen molar-refractivity contribution in [1.82, 2.24) is 20.2 Å². The van der Waals surface area contributed by atoms with Crippen LogP contribution in [-0.4, -0.2) is 39.3 Å². The molecule has 3 heterocycles. The van der Waals surface area contributed by atoms with E-state index in [0.717, 1.165) is 33.2 Å². The highest BCUT2D eigenvalue weighted by atomic mass is 32.1. The number of amides is 1. The first-order chi connectivity index (χ1) is 15.1. The fraction of sp³-hybridized carbons (Fsp3) is 0.182. The van der Waals surface area contributed by atoms with Gasteiger partial charge in [0.15, 0.2) is 17.3 Å². The average molecular weight is 433 g/mol. The molecule has 0 bridgehead atoms. The quantitative estimate of drug-likeness (QED) is 0.523. The summed E-state index contributed by atoms with van der Waals surface area (Å²) in [5.74, 6) is 1.98. The fourth-order valence-corrected chi connectivity index (χ4v) is 4.27. The SMILES string of the molecule is Cc1ccc(NC(=O)c2ccc(-c3ccc4c(c3)OCCO4)s2)cc1-n1nnnc1C. The first kappa shape index (κ1) is 19.3. The van der Waals surface area contributed by atoms with E-state index in [1.807, 2.05) is 62.4 Å². The number of nitrogens with one attached hydrogen (secondary N) is 1. The Bertz CT molecular complexity index is 1280. The highest BCUT2D eigenvalue weighted by Crippen LogP contribution is 2.37. The second-order valence-electron chi connectivity index (χ2n) is 7.12. The van der Waals surface area contributed by atoms with Crippen molar-refractivity contribution in [3.8, 4) is 27.6 Å². The van der Waals surface area contributed by atoms with Crippen molar-refractivity contribution >= 4 is 22.9 Å². The second kappa shape index (κ2) is 7.84. The van der Waals surface area contributed by atoms with Crippen LogP contribution in [0.15, 0.2) is 48.5 Å². The Morgan fingerprint density at radius 1 is 1.03 bits per heavy atom. The lowest BCUT2D eigenvalue weighted by Gasteiger charge is -2.18. The molecule has 0 aliphatic carbocycles. The third-order valence-corrected chi connectivity index (χ3v) is 6.11. The number of hydrogen-bond donors (Lipinski definition) is 1. The first-order valence-corrected chi connectivity index (χ1v) is 10.6. The van der Waals surface area contributed by atoms with Crippen molar-refractivity contribution < 1.29 is 14.3 Å². The van der Waals surface area contributed by atoms with E-state index in [9.17, 15) is 4.79 Å². The Kier molecular flexibility index (Phi) is 4.87. The molecule has 9 heteroatoms. The normalized spacial score (nSPS) is 12.6. The number of carbonyl (C=O) groups is 1. The summed E-state index contributed by atoms with van der Waals surface area (Å²) in [5, 5.41) is 14.6. The van der Waals surface area contributed by atoms with E-state index in [0.29, 0.717) is 29.6 Å². The van der Waals surface area contributed by atoms with E-state index in [1.54, 1.807) is 4.68 Å². The lowest BCUT2D eigenvalue weighted by Crippen LogP contribution is -2.15. The van der Waals surface area contributed by atoms with Crippen LogP contribution in [0, 0.1) is 13.8 Å². The number of ether oxygens (including phenoxy) is 2. The van der Waals surface area contributed by atoms with Crippen LogP contribution >= 0.6 is 11.3 Å². The van der Waals surface area contributed by atoms with E-state index >= 15 is 0 Å². The van der Waals surface area contributed by atoms with Crippen molar-refractivity contribution in [3.63, 3.8) is 0 Å². The Morgan fingerprint density at radius 2 is 1.87 bits per heavy atom. The zero-order valence-corrected chi connectivity index (χ0v) is 17.8. The van der Waals surface area contributed by atoms with Gasteiger partial charge in [0.05, 0.1) is 10.6 Å². The molecule has 1 N–H and O–H groups in total. The number of nitrogens with zero attached hydrogens (tertiary/aromatic N) is 4. The minimum absolute atomic E-state index is 0.169. The van der Waals surface area contributed by atoms with Gasteiger partial charge in [-0.05, 0) is 77.9 Å². The van der Waals surface area contributed by atoms with Crippen LogP contribution in [-0.2, 0) is 0 Å². The number of aromatic nitrogens is 4. The van der Waals surface area contributed by atoms with Crippen molar-refractivity contribution in [2.75, 3.05) is 18.5 Å². The highest BCUT2D eigenvalue weighted by molar-refractivity contribution is 7.17. The fourth-order valence-electron chi connectivity index (χ4n) is 3.37. The Hall–Kier alpha value is -3.72. The molecule has 2 aromatic carbocycles. The molecule has 0 saturated heterocycles. The van der Waals surface area contributed by atoms with Crippen LogP contribution in [0.2, 0.25) is 0 Å². The lowest BCUT2D eigenvalue weighted by atomic mass is 10.1. The molecule has 0 unspecified atom stereocenters. The molecule has 0 radical (unpaired) electrons. The first-order valence-electron chi connectivity index (χ1n) is 9.76. The molecule has 0 saturated carbocycles. The van der Waals surface area contributed by atoms with E-state index in [-0.39, 0.29) is 5.91 Å². The summed E-state index contributed by atoms with van der Waals surface area (Å²) in [6.45, 7) is 4.90. The van der Waals surface area contributed by atoms with Crippen LogP contribution in [0.1, 0.15) is 21.1 Å². The largest absolute Gasteiger partial charge is 0.486 e. The summed E-state index contributed by atoms with van der Waals surface area (Å²) in [6, 6.07) is 15.3. The van der Waals surface area contributed by atoms with Gasteiger partial charge in [-0.1, -0.05) is 6.07 Å². The van der Waals surface area contributed by atoms with Gasteiger partial charge in [-0.2, -0.15) is 4.68 Å². The third kappa shape index (κ3) is 3.75. The number of tetrazole rings is 1. The van der Waals surface area contributed by atoms with Crippen LogP contribution in [0.25, 0.3) is 16.1 Å². The summed E-state index contributed by atoms with van der Waals surface area (Å²) in [6.07, 6.45) is 0. The number of benzene rings is 2. The summed E-state index contributed by atoms with van der Waals surface area (Å²) in [7, 11) is 0. The van der Waals surface area contributed by atoms with Crippen molar-refractivity contribution in [2.24, 2.45) is 0 Å². The lowest BCUT2D eigenvalue weighted by molar-refractivity contribution is 0.103. The summed E-state index contributed by atoms with van der Waals surface area (Å²) in [4.78, 5) is 14.4. The topological polar surface area (TPSA) is 91.2 Å². The minimum Gasteiger partial charge on any atom is -0.486 e. The predicted molar refractivity (Wildman–Crippen MR) is 117 cm³/mol. The summed E-state index contributed by atoms with van der Waals surface area (Å²) in [5.41, 5.74) is 3.49. The van der Waals surface area contributed by atoms with Crippen LogP contribution in [0.3, 0.4) is 0 Å². The third-order valence-electron chi connectivity index (χ3n) is 4.98. The number of thiophene rings is 1. The average Bonchev–Trinajstić information content (AvgIpc) is 3.44. The van der Waals surface area contributed by atoms with Gasteiger partial charge in [0.2, 0.25) is 0 Å². The monoisotopic (exact) mass is 433 g/mol. The van der Waals surface area contributed by atoms with Crippen LogP contribution in [0.4, 0.5) is 5.69 Å². The zero-order valence-electron chi connectivity index (χ0n) is 17.0. The molecule has 156 valence electrons. The number of carbonyl (C=O) groups excluding carboxylic acids is 1. The van der Waals surface area contributed by atoms with Gasteiger partial charge in [-0.25, -0.2) is 0 Å². The summed E-state index contributed by atoms with van der Waals surface area (Å²) >= 11 is 1.43. The summed E-state index contributed by atoms with van der Waals surface area (Å²) < 4.78 is 12.9.